The van der Waals surface area contributed by atoms with E-state index in [0.29, 0.717) is 18.8 Å². The minimum absolute atomic E-state index is 0.225. The summed E-state index contributed by atoms with van der Waals surface area (Å²) in [5.41, 5.74) is 1.13. The predicted octanol–water partition coefficient (Wildman–Crippen LogP) is 5.62. The van der Waals surface area contributed by atoms with Crippen LogP contribution in [-0.2, 0) is 20.7 Å². The first kappa shape index (κ1) is 22.2. The monoisotopic (exact) mass is 362 g/mol. The second-order valence-corrected chi connectivity index (χ2v) is 6.67. The molecule has 26 heavy (non-hydrogen) atoms. The van der Waals surface area contributed by atoms with E-state index in [1.54, 1.807) is 6.07 Å². The van der Waals surface area contributed by atoms with Crippen molar-refractivity contribution in [2.45, 2.75) is 84.5 Å². The van der Waals surface area contributed by atoms with Gasteiger partial charge >= 0.3 is 11.9 Å². The van der Waals surface area contributed by atoms with Crippen LogP contribution >= 0.6 is 0 Å². The zero-order valence-corrected chi connectivity index (χ0v) is 16.4. The van der Waals surface area contributed by atoms with Gasteiger partial charge in [0.1, 0.15) is 5.75 Å². The van der Waals surface area contributed by atoms with Gasteiger partial charge < -0.3 is 9.47 Å². The molecule has 1 aromatic carbocycles. The smallest absolute Gasteiger partial charge is 0.311 e. The van der Waals surface area contributed by atoms with Crippen molar-refractivity contribution in [3.63, 3.8) is 0 Å². The number of unbranched alkanes of at least 4 members (excludes halogenated alkanes) is 6. The summed E-state index contributed by atoms with van der Waals surface area (Å²) in [7, 11) is 0. The van der Waals surface area contributed by atoms with Gasteiger partial charge in [0.05, 0.1) is 6.61 Å². The Morgan fingerprint density at radius 3 is 2.27 bits per heavy atom. The van der Waals surface area contributed by atoms with Crippen molar-refractivity contribution in [3.05, 3.63) is 29.8 Å². The fourth-order valence-electron chi connectivity index (χ4n) is 2.71. The predicted molar refractivity (Wildman–Crippen MR) is 104 cm³/mol. The molecule has 0 aliphatic rings. The molecule has 4 nitrogen and oxygen atoms in total. The Morgan fingerprint density at radius 1 is 0.846 bits per heavy atom. The molecule has 1 aromatic rings. The molecule has 4 heteroatoms. The maximum atomic E-state index is 11.8. The molecule has 0 aromatic heterocycles. The van der Waals surface area contributed by atoms with Gasteiger partial charge in [-0.25, -0.2) is 0 Å². The van der Waals surface area contributed by atoms with Crippen molar-refractivity contribution >= 4 is 11.9 Å². The third-order valence-corrected chi connectivity index (χ3v) is 4.31. The highest BCUT2D eigenvalue weighted by Gasteiger charge is 2.08. The summed E-state index contributed by atoms with van der Waals surface area (Å²) in [5, 5.41) is 0. The van der Waals surface area contributed by atoms with Crippen molar-refractivity contribution in [2.75, 3.05) is 6.61 Å². The number of ether oxygens (including phenoxy) is 2. The molecule has 0 heterocycles. The average molecular weight is 363 g/mol. The van der Waals surface area contributed by atoms with E-state index in [1.165, 1.54) is 32.1 Å². The van der Waals surface area contributed by atoms with E-state index in [0.717, 1.165) is 24.8 Å². The SMILES string of the molecule is CCCCCCCCCOC(=O)CCCC(=O)Oc1cccc(CC)c1. The normalized spacial score (nSPS) is 10.5. The summed E-state index contributed by atoms with van der Waals surface area (Å²) in [6.07, 6.45) is 10.2. The molecule has 0 saturated heterocycles. The molecule has 1 rings (SSSR count). The van der Waals surface area contributed by atoms with E-state index in [2.05, 4.69) is 13.8 Å². The number of hydrogen-bond acceptors (Lipinski definition) is 4. The number of carbonyl (C=O) groups excluding carboxylic acids is 2. The second kappa shape index (κ2) is 14.3. The largest absolute Gasteiger partial charge is 0.466 e. The van der Waals surface area contributed by atoms with E-state index in [-0.39, 0.29) is 24.8 Å². The fourth-order valence-corrected chi connectivity index (χ4v) is 2.71. The molecular weight excluding hydrogens is 328 g/mol. The highest BCUT2D eigenvalue weighted by atomic mass is 16.5. The highest BCUT2D eigenvalue weighted by molar-refractivity contribution is 5.74. The minimum Gasteiger partial charge on any atom is -0.466 e. The standard InChI is InChI=1S/C22H34O4/c1-3-5-6-7-8-9-10-17-25-21(23)15-12-16-22(24)26-20-14-11-13-19(4-2)18-20/h11,13-14,18H,3-10,12,15-17H2,1-2H3. The zero-order chi connectivity index (χ0) is 19.0. The summed E-state index contributed by atoms with van der Waals surface area (Å²) >= 11 is 0. The van der Waals surface area contributed by atoms with Gasteiger partial charge in [-0.2, -0.15) is 0 Å². The van der Waals surface area contributed by atoms with Gasteiger partial charge in [-0.3, -0.25) is 9.59 Å². The van der Waals surface area contributed by atoms with Crippen LogP contribution in [-0.4, -0.2) is 18.5 Å². The van der Waals surface area contributed by atoms with E-state index < -0.39 is 0 Å². The molecule has 0 bridgehead atoms. The first-order valence-corrected chi connectivity index (χ1v) is 10.1. The van der Waals surface area contributed by atoms with Crippen molar-refractivity contribution in [2.24, 2.45) is 0 Å². The van der Waals surface area contributed by atoms with E-state index >= 15 is 0 Å². The lowest BCUT2D eigenvalue weighted by atomic mass is 10.1. The van der Waals surface area contributed by atoms with Crippen LogP contribution in [0.1, 0.15) is 83.6 Å². The van der Waals surface area contributed by atoms with Gasteiger partial charge in [0.25, 0.3) is 0 Å². The van der Waals surface area contributed by atoms with Crippen LogP contribution in [0.5, 0.6) is 5.75 Å². The van der Waals surface area contributed by atoms with Crippen LogP contribution in [0.3, 0.4) is 0 Å². The highest BCUT2D eigenvalue weighted by Crippen LogP contribution is 2.15. The molecular formula is C22H34O4. The van der Waals surface area contributed by atoms with Gasteiger partial charge in [-0.15, -0.1) is 0 Å². The number of aryl methyl sites for hydroxylation is 1. The molecule has 146 valence electrons. The van der Waals surface area contributed by atoms with Crippen LogP contribution in [0.2, 0.25) is 0 Å². The second-order valence-electron chi connectivity index (χ2n) is 6.67. The number of hydrogen-bond donors (Lipinski definition) is 0. The van der Waals surface area contributed by atoms with Crippen LogP contribution in [0.15, 0.2) is 24.3 Å². The summed E-state index contributed by atoms with van der Waals surface area (Å²) in [5.74, 6) is 0.0331. The van der Waals surface area contributed by atoms with Crippen molar-refractivity contribution in [3.8, 4) is 5.75 Å². The van der Waals surface area contributed by atoms with Crippen molar-refractivity contribution in [1.29, 1.82) is 0 Å². The Labute approximate surface area is 158 Å². The molecule has 0 aliphatic heterocycles. The molecule has 0 spiro atoms. The van der Waals surface area contributed by atoms with Gasteiger partial charge in [-0.1, -0.05) is 64.5 Å². The van der Waals surface area contributed by atoms with E-state index in [9.17, 15) is 9.59 Å². The number of carbonyl (C=O) groups is 2. The molecule has 0 fully saturated rings. The maximum absolute atomic E-state index is 11.8. The van der Waals surface area contributed by atoms with Gasteiger partial charge in [0.2, 0.25) is 0 Å². The molecule has 0 aliphatic carbocycles. The lowest BCUT2D eigenvalue weighted by molar-refractivity contribution is -0.144. The van der Waals surface area contributed by atoms with E-state index in [4.69, 9.17) is 9.47 Å². The Balaban J connectivity index is 2.03. The quantitative estimate of drug-likeness (QED) is 0.245. The lowest BCUT2D eigenvalue weighted by Gasteiger charge is -2.06. The zero-order valence-electron chi connectivity index (χ0n) is 16.4. The first-order chi connectivity index (χ1) is 12.7. The Hall–Kier alpha value is -1.84. The minimum atomic E-state index is -0.307. The summed E-state index contributed by atoms with van der Waals surface area (Å²) in [6.45, 7) is 4.75. The number of esters is 2. The molecule has 0 radical (unpaired) electrons. The molecule has 0 atom stereocenters. The lowest BCUT2D eigenvalue weighted by Crippen LogP contribution is -2.10. The number of rotatable bonds is 14. The van der Waals surface area contributed by atoms with Crippen molar-refractivity contribution < 1.29 is 19.1 Å². The third-order valence-electron chi connectivity index (χ3n) is 4.31. The van der Waals surface area contributed by atoms with E-state index in [1.807, 2.05) is 18.2 Å². The summed E-state index contributed by atoms with van der Waals surface area (Å²) in [6, 6.07) is 7.52. The molecule has 0 N–H and O–H groups in total. The third kappa shape index (κ3) is 10.9. The molecule has 0 amide bonds. The topological polar surface area (TPSA) is 52.6 Å². The fraction of sp³-hybridized carbons (Fsp3) is 0.636. The van der Waals surface area contributed by atoms with Crippen LogP contribution < -0.4 is 4.74 Å². The Kier molecular flexibility index (Phi) is 12.2. The summed E-state index contributed by atoms with van der Waals surface area (Å²) in [4.78, 5) is 23.5. The molecule has 0 unspecified atom stereocenters. The van der Waals surface area contributed by atoms with Crippen LogP contribution in [0, 0.1) is 0 Å². The summed E-state index contributed by atoms with van der Waals surface area (Å²) < 4.78 is 10.5. The Morgan fingerprint density at radius 2 is 1.54 bits per heavy atom. The van der Waals surface area contributed by atoms with Crippen LogP contribution in [0.4, 0.5) is 0 Å². The average Bonchev–Trinajstić information content (AvgIpc) is 2.64. The first-order valence-electron chi connectivity index (χ1n) is 10.1. The van der Waals surface area contributed by atoms with Gasteiger partial charge in [0.15, 0.2) is 0 Å². The van der Waals surface area contributed by atoms with Gasteiger partial charge in [-0.05, 0) is 37.0 Å². The van der Waals surface area contributed by atoms with Gasteiger partial charge in [0, 0.05) is 12.8 Å². The van der Waals surface area contributed by atoms with Crippen molar-refractivity contribution in [1.82, 2.24) is 0 Å². The number of benzene rings is 1. The molecule has 0 saturated carbocycles. The van der Waals surface area contributed by atoms with Crippen LogP contribution in [0.25, 0.3) is 0 Å². The maximum Gasteiger partial charge on any atom is 0.311 e. The Bertz CT molecular complexity index is 525.